The second-order valence-corrected chi connectivity index (χ2v) is 4.53. The second kappa shape index (κ2) is 4.25. The number of nitrogens with two attached hydrogens (primary N) is 1. The molecule has 0 spiro atoms. The van der Waals surface area contributed by atoms with Crippen molar-refractivity contribution >= 4 is 0 Å². The standard InChI is InChI=1S/C11H22N2/c1-4-8-13(10(2)3)9-11(12)6-5-7-11/h4,10H,1,5-9,12H2,2-3H3. The Balaban J connectivity index is 2.41. The van der Waals surface area contributed by atoms with Gasteiger partial charge in [-0.25, -0.2) is 0 Å². The summed E-state index contributed by atoms with van der Waals surface area (Å²) >= 11 is 0. The molecule has 13 heavy (non-hydrogen) atoms. The van der Waals surface area contributed by atoms with E-state index in [1.807, 2.05) is 6.08 Å². The van der Waals surface area contributed by atoms with Crippen molar-refractivity contribution in [3.8, 4) is 0 Å². The molecule has 1 aliphatic carbocycles. The Morgan fingerprint density at radius 3 is 2.46 bits per heavy atom. The van der Waals surface area contributed by atoms with Crippen LogP contribution in [0.4, 0.5) is 0 Å². The average Bonchev–Trinajstić information content (AvgIpc) is 2.00. The van der Waals surface area contributed by atoms with E-state index in [0.29, 0.717) is 6.04 Å². The van der Waals surface area contributed by atoms with Gasteiger partial charge in [-0.1, -0.05) is 6.08 Å². The SMILES string of the molecule is C=CCN(CC1(N)CCC1)C(C)C. The third-order valence-corrected chi connectivity index (χ3v) is 2.96. The van der Waals surface area contributed by atoms with E-state index < -0.39 is 0 Å². The Morgan fingerprint density at radius 2 is 2.15 bits per heavy atom. The van der Waals surface area contributed by atoms with Crippen molar-refractivity contribution in [2.75, 3.05) is 13.1 Å². The zero-order chi connectivity index (χ0) is 9.90. The summed E-state index contributed by atoms with van der Waals surface area (Å²) in [6.45, 7) is 10.2. The number of hydrogen-bond acceptors (Lipinski definition) is 2. The first-order valence-corrected chi connectivity index (χ1v) is 5.21. The molecular weight excluding hydrogens is 160 g/mol. The van der Waals surface area contributed by atoms with Crippen molar-refractivity contribution in [3.63, 3.8) is 0 Å². The van der Waals surface area contributed by atoms with Gasteiger partial charge in [0, 0.05) is 24.7 Å². The Kier molecular flexibility index (Phi) is 3.51. The van der Waals surface area contributed by atoms with Gasteiger partial charge in [0.1, 0.15) is 0 Å². The van der Waals surface area contributed by atoms with Gasteiger partial charge in [-0.3, -0.25) is 4.90 Å². The number of nitrogens with zero attached hydrogens (tertiary/aromatic N) is 1. The highest BCUT2D eigenvalue weighted by Gasteiger charge is 2.34. The van der Waals surface area contributed by atoms with Crippen molar-refractivity contribution in [1.29, 1.82) is 0 Å². The summed E-state index contributed by atoms with van der Waals surface area (Å²) < 4.78 is 0. The van der Waals surface area contributed by atoms with Crippen molar-refractivity contribution in [1.82, 2.24) is 4.90 Å². The van der Waals surface area contributed by atoms with E-state index in [-0.39, 0.29) is 5.54 Å². The topological polar surface area (TPSA) is 29.3 Å². The highest BCUT2D eigenvalue weighted by atomic mass is 15.2. The van der Waals surface area contributed by atoms with Crippen LogP contribution in [0, 0.1) is 0 Å². The van der Waals surface area contributed by atoms with Crippen LogP contribution >= 0.6 is 0 Å². The van der Waals surface area contributed by atoms with Gasteiger partial charge in [0.25, 0.3) is 0 Å². The van der Waals surface area contributed by atoms with E-state index in [0.717, 1.165) is 13.1 Å². The van der Waals surface area contributed by atoms with E-state index in [2.05, 4.69) is 25.3 Å². The molecule has 76 valence electrons. The highest BCUT2D eigenvalue weighted by molar-refractivity contribution is 4.96. The average molecular weight is 182 g/mol. The maximum Gasteiger partial charge on any atom is 0.0283 e. The van der Waals surface area contributed by atoms with Crippen molar-refractivity contribution in [2.45, 2.75) is 44.7 Å². The van der Waals surface area contributed by atoms with Gasteiger partial charge in [0.15, 0.2) is 0 Å². The normalized spacial score (nSPS) is 20.4. The quantitative estimate of drug-likeness (QED) is 0.657. The van der Waals surface area contributed by atoms with Crippen LogP contribution in [0.15, 0.2) is 12.7 Å². The molecule has 1 saturated carbocycles. The van der Waals surface area contributed by atoms with Crippen LogP contribution in [0.3, 0.4) is 0 Å². The molecule has 0 atom stereocenters. The summed E-state index contributed by atoms with van der Waals surface area (Å²) in [6.07, 6.45) is 5.64. The van der Waals surface area contributed by atoms with Crippen molar-refractivity contribution in [2.24, 2.45) is 5.73 Å². The van der Waals surface area contributed by atoms with Gasteiger partial charge in [-0.2, -0.15) is 0 Å². The first-order chi connectivity index (χ1) is 6.07. The molecule has 0 aromatic heterocycles. The second-order valence-electron chi connectivity index (χ2n) is 4.53. The van der Waals surface area contributed by atoms with Gasteiger partial charge >= 0.3 is 0 Å². The first kappa shape index (κ1) is 10.7. The minimum absolute atomic E-state index is 0.104. The predicted octanol–water partition coefficient (Wildman–Crippen LogP) is 1.76. The Morgan fingerprint density at radius 1 is 1.54 bits per heavy atom. The lowest BCUT2D eigenvalue weighted by Crippen LogP contribution is -2.56. The third kappa shape index (κ3) is 2.82. The molecule has 0 radical (unpaired) electrons. The van der Waals surface area contributed by atoms with Gasteiger partial charge in [0.05, 0.1) is 0 Å². The molecule has 0 bridgehead atoms. The molecule has 1 fully saturated rings. The summed E-state index contributed by atoms with van der Waals surface area (Å²) in [5.41, 5.74) is 6.30. The van der Waals surface area contributed by atoms with Gasteiger partial charge in [-0.15, -0.1) is 6.58 Å². The van der Waals surface area contributed by atoms with E-state index in [4.69, 9.17) is 5.73 Å². The maximum atomic E-state index is 6.20. The first-order valence-electron chi connectivity index (χ1n) is 5.21. The minimum Gasteiger partial charge on any atom is -0.324 e. The molecule has 0 saturated heterocycles. The van der Waals surface area contributed by atoms with Crippen LogP contribution in [0.5, 0.6) is 0 Å². The maximum absolute atomic E-state index is 6.20. The fraction of sp³-hybridized carbons (Fsp3) is 0.818. The Hall–Kier alpha value is -0.340. The Labute approximate surface area is 81.8 Å². The van der Waals surface area contributed by atoms with E-state index >= 15 is 0 Å². The molecule has 0 heterocycles. The molecule has 0 amide bonds. The third-order valence-electron chi connectivity index (χ3n) is 2.96. The van der Waals surface area contributed by atoms with E-state index in [1.165, 1.54) is 19.3 Å². The van der Waals surface area contributed by atoms with Gasteiger partial charge in [-0.05, 0) is 33.1 Å². The lowest BCUT2D eigenvalue weighted by molar-refractivity contribution is 0.131. The zero-order valence-electron chi connectivity index (χ0n) is 8.92. The fourth-order valence-electron chi connectivity index (χ4n) is 1.82. The van der Waals surface area contributed by atoms with Gasteiger partial charge < -0.3 is 5.73 Å². The number of rotatable bonds is 5. The van der Waals surface area contributed by atoms with Crippen LogP contribution in [0.2, 0.25) is 0 Å². The van der Waals surface area contributed by atoms with Crippen molar-refractivity contribution in [3.05, 3.63) is 12.7 Å². The monoisotopic (exact) mass is 182 g/mol. The molecule has 2 nitrogen and oxygen atoms in total. The summed E-state index contributed by atoms with van der Waals surface area (Å²) in [5, 5.41) is 0. The van der Waals surface area contributed by atoms with E-state index in [1.54, 1.807) is 0 Å². The van der Waals surface area contributed by atoms with Crippen LogP contribution in [-0.4, -0.2) is 29.6 Å². The highest BCUT2D eigenvalue weighted by Crippen LogP contribution is 2.30. The van der Waals surface area contributed by atoms with Crippen LogP contribution < -0.4 is 5.73 Å². The number of hydrogen-bond donors (Lipinski definition) is 1. The lowest BCUT2D eigenvalue weighted by Gasteiger charge is -2.43. The fourth-order valence-corrected chi connectivity index (χ4v) is 1.82. The summed E-state index contributed by atoms with van der Waals surface area (Å²) in [6, 6.07) is 0.569. The molecule has 0 aromatic rings. The summed E-state index contributed by atoms with van der Waals surface area (Å²) in [4.78, 5) is 2.40. The Bertz CT molecular complexity index is 171. The molecule has 0 aliphatic heterocycles. The molecule has 0 unspecified atom stereocenters. The summed E-state index contributed by atoms with van der Waals surface area (Å²) in [7, 11) is 0. The lowest BCUT2D eigenvalue weighted by atomic mass is 9.77. The van der Waals surface area contributed by atoms with Gasteiger partial charge in [0.2, 0.25) is 0 Å². The molecule has 2 N–H and O–H groups in total. The smallest absolute Gasteiger partial charge is 0.0283 e. The molecule has 1 aliphatic rings. The van der Waals surface area contributed by atoms with Crippen LogP contribution in [0.25, 0.3) is 0 Å². The van der Waals surface area contributed by atoms with Crippen LogP contribution in [-0.2, 0) is 0 Å². The van der Waals surface area contributed by atoms with Crippen LogP contribution in [0.1, 0.15) is 33.1 Å². The zero-order valence-corrected chi connectivity index (χ0v) is 8.92. The predicted molar refractivity (Wildman–Crippen MR) is 57.7 cm³/mol. The molecule has 0 aromatic carbocycles. The summed E-state index contributed by atoms with van der Waals surface area (Å²) in [5.74, 6) is 0. The van der Waals surface area contributed by atoms with E-state index in [9.17, 15) is 0 Å². The molecule has 1 rings (SSSR count). The van der Waals surface area contributed by atoms with Crippen molar-refractivity contribution < 1.29 is 0 Å². The molecule has 2 heteroatoms. The largest absolute Gasteiger partial charge is 0.324 e. The minimum atomic E-state index is 0.104. The molecular formula is C11H22N2.